The number of benzene rings is 2. The number of thiazole rings is 1. The molecule has 0 radical (unpaired) electrons. The highest BCUT2D eigenvalue weighted by atomic mass is 35.5. The molecule has 1 amide bonds. The van der Waals surface area contributed by atoms with E-state index in [1.807, 2.05) is 29.6 Å². The van der Waals surface area contributed by atoms with Crippen LogP contribution in [0.4, 0.5) is 5.13 Å². The molecule has 134 valence electrons. The topological polar surface area (TPSA) is 42.0 Å². The smallest absolute Gasteiger partial charge is 0.226 e. The van der Waals surface area contributed by atoms with Crippen molar-refractivity contribution >= 4 is 34.0 Å². The lowest BCUT2D eigenvalue weighted by Crippen LogP contribution is -2.11. The summed E-state index contributed by atoms with van der Waals surface area (Å²) >= 11 is 7.34. The van der Waals surface area contributed by atoms with Crippen molar-refractivity contribution in [3.63, 3.8) is 0 Å². The monoisotopic (exact) mass is 384 g/mol. The van der Waals surface area contributed by atoms with E-state index in [9.17, 15) is 4.79 Å². The van der Waals surface area contributed by atoms with Gasteiger partial charge in [0.15, 0.2) is 5.13 Å². The molecule has 0 bridgehead atoms. The SMILES string of the molecule is Cc1ccc(-c2csc(NC(=O)CCCc3ccc(Cl)cc3)n2)cc1C. The number of amides is 1. The zero-order valence-corrected chi connectivity index (χ0v) is 16.5. The third kappa shape index (κ3) is 4.93. The fourth-order valence-corrected chi connectivity index (χ4v) is 3.51. The van der Waals surface area contributed by atoms with E-state index in [-0.39, 0.29) is 5.91 Å². The molecule has 5 heteroatoms. The molecule has 3 nitrogen and oxygen atoms in total. The van der Waals surface area contributed by atoms with Crippen LogP contribution in [0.15, 0.2) is 47.8 Å². The van der Waals surface area contributed by atoms with Crippen LogP contribution in [0, 0.1) is 13.8 Å². The van der Waals surface area contributed by atoms with Crippen LogP contribution < -0.4 is 5.32 Å². The van der Waals surface area contributed by atoms with E-state index >= 15 is 0 Å². The summed E-state index contributed by atoms with van der Waals surface area (Å²) in [6.45, 7) is 4.18. The molecule has 26 heavy (non-hydrogen) atoms. The van der Waals surface area contributed by atoms with Gasteiger partial charge in [0.25, 0.3) is 0 Å². The summed E-state index contributed by atoms with van der Waals surface area (Å²) in [6.07, 6.45) is 2.13. The molecule has 3 aromatic rings. The van der Waals surface area contributed by atoms with Crippen molar-refractivity contribution in [1.82, 2.24) is 4.98 Å². The zero-order valence-electron chi connectivity index (χ0n) is 14.9. The molecule has 0 saturated heterocycles. The number of halogens is 1. The van der Waals surface area contributed by atoms with E-state index in [2.05, 4.69) is 42.3 Å². The minimum absolute atomic E-state index is 0.0000461. The van der Waals surface area contributed by atoms with Crippen LogP contribution in [0.25, 0.3) is 11.3 Å². The molecule has 0 aliphatic heterocycles. The number of carbonyl (C=O) groups is 1. The first kappa shape index (κ1) is 18.6. The van der Waals surface area contributed by atoms with Crippen LogP contribution >= 0.6 is 22.9 Å². The van der Waals surface area contributed by atoms with Gasteiger partial charge in [-0.2, -0.15) is 0 Å². The number of hydrogen-bond acceptors (Lipinski definition) is 3. The Kier molecular flexibility index (Phi) is 6.07. The first-order chi connectivity index (χ1) is 12.5. The van der Waals surface area contributed by atoms with Gasteiger partial charge in [0.2, 0.25) is 5.91 Å². The van der Waals surface area contributed by atoms with Crippen molar-refractivity contribution < 1.29 is 4.79 Å². The van der Waals surface area contributed by atoms with E-state index in [0.717, 1.165) is 29.1 Å². The van der Waals surface area contributed by atoms with Crippen molar-refractivity contribution in [2.24, 2.45) is 0 Å². The fourth-order valence-electron chi connectivity index (χ4n) is 2.65. The lowest BCUT2D eigenvalue weighted by Gasteiger charge is -2.03. The first-order valence-electron chi connectivity index (χ1n) is 8.59. The van der Waals surface area contributed by atoms with Crippen molar-refractivity contribution in [3.8, 4) is 11.3 Å². The molecule has 0 aliphatic rings. The number of rotatable bonds is 6. The quantitative estimate of drug-likeness (QED) is 0.562. The Morgan fingerprint density at radius 3 is 2.62 bits per heavy atom. The molecule has 1 aromatic heterocycles. The van der Waals surface area contributed by atoms with E-state index in [1.54, 1.807) is 0 Å². The molecule has 0 aliphatic carbocycles. The van der Waals surface area contributed by atoms with Gasteiger partial charge in [-0.05, 0) is 61.6 Å². The summed E-state index contributed by atoms with van der Waals surface area (Å²) in [4.78, 5) is 16.7. The second-order valence-electron chi connectivity index (χ2n) is 6.37. The summed E-state index contributed by atoms with van der Waals surface area (Å²) < 4.78 is 0. The van der Waals surface area contributed by atoms with E-state index < -0.39 is 0 Å². The second kappa shape index (κ2) is 8.47. The summed E-state index contributed by atoms with van der Waals surface area (Å²) in [5.74, 6) is -0.0000461. The average molecular weight is 385 g/mol. The van der Waals surface area contributed by atoms with Gasteiger partial charge in [0.1, 0.15) is 0 Å². The molecule has 0 fully saturated rings. The van der Waals surface area contributed by atoms with Gasteiger partial charge in [-0.1, -0.05) is 35.9 Å². The molecule has 0 atom stereocenters. The maximum atomic E-state index is 12.1. The van der Waals surface area contributed by atoms with Gasteiger partial charge in [-0.15, -0.1) is 11.3 Å². The Bertz CT molecular complexity index is 903. The van der Waals surface area contributed by atoms with Crippen molar-refractivity contribution in [3.05, 3.63) is 69.6 Å². The molecule has 3 rings (SSSR count). The number of nitrogens with zero attached hydrogens (tertiary/aromatic N) is 1. The number of hydrogen-bond donors (Lipinski definition) is 1. The number of nitrogens with one attached hydrogen (secondary N) is 1. The molecular weight excluding hydrogens is 364 g/mol. The largest absolute Gasteiger partial charge is 0.302 e. The van der Waals surface area contributed by atoms with E-state index in [0.29, 0.717) is 11.6 Å². The van der Waals surface area contributed by atoms with Gasteiger partial charge in [-0.3, -0.25) is 4.79 Å². The van der Waals surface area contributed by atoms with Crippen molar-refractivity contribution in [2.45, 2.75) is 33.1 Å². The van der Waals surface area contributed by atoms with Crippen LogP contribution in [0.3, 0.4) is 0 Å². The van der Waals surface area contributed by atoms with Gasteiger partial charge in [-0.25, -0.2) is 4.98 Å². The van der Waals surface area contributed by atoms with E-state index in [4.69, 9.17) is 11.6 Å². The minimum atomic E-state index is -0.0000461. The van der Waals surface area contributed by atoms with Gasteiger partial charge < -0.3 is 5.32 Å². The summed E-state index contributed by atoms with van der Waals surface area (Å²) in [7, 11) is 0. The number of anilines is 1. The lowest BCUT2D eigenvalue weighted by atomic mass is 10.1. The van der Waals surface area contributed by atoms with Crippen LogP contribution in [-0.4, -0.2) is 10.9 Å². The third-order valence-corrected chi connectivity index (χ3v) is 5.35. The second-order valence-corrected chi connectivity index (χ2v) is 7.66. The Morgan fingerprint density at radius 1 is 1.12 bits per heavy atom. The van der Waals surface area contributed by atoms with Gasteiger partial charge in [0, 0.05) is 22.4 Å². The standard InChI is InChI=1S/C21H21ClN2OS/c1-14-6-9-17(12-15(14)2)19-13-26-21(23-19)24-20(25)5-3-4-16-7-10-18(22)11-8-16/h6-13H,3-5H2,1-2H3,(H,23,24,25). The van der Waals surface area contributed by atoms with Gasteiger partial charge in [0.05, 0.1) is 5.69 Å². The zero-order chi connectivity index (χ0) is 18.5. The number of aromatic nitrogens is 1. The molecule has 1 heterocycles. The fraction of sp³-hybridized carbons (Fsp3) is 0.238. The Balaban J connectivity index is 1.52. The lowest BCUT2D eigenvalue weighted by molar-refractivity contribution is -0.116. The molecule has 2 aromatic carbocycles. The minimum Gasteiger partial charge on any atom is -0.302 e. The number of carbonyl (C=O) groups excluding carboxylic acids is 1. The average Bonchev–Trinajstić information content (AvgIpc) is 3.07. The Morgan fingerprint density at radius 2 is 1.88 bits per heavy atom. The normalized spacial score (nSPS) is 10.7. The highest BCUT2D eigenvalue weighted by Gasteiger charge is 2.09. The predicted molar refractivity (Wildman–Crippen MR) is 110 cm³/mol. The van der Waals surface area contributed by atoms with Crippen LogP contribution in [0.5, 0.6) is 0 Å². The summed E-state index contributed by atoms with van der Waals surface area (Å²) in [6, 6.07) is 14.0. The Labute approximate surface area is 163 Å². The predicted octanol–water partition coefficient (Wildman–Crippen LogP) is 6.04. The molecular formula is C21H21ClN2OS. The highest BCUT2D eigenvalue weighted by molar-refractivity contribution is 7.14. The third-order valence-electron chi connectivity index (χ3n) is 4.34. The van der Waals surface area contributed by atoms with Crippen LogP contribution in [-0.2, 0) is 11.2 Å². The van der Waals surface area contributed by atoms with Crippen molar-refractivity contribution in [1.29, 1.82) is 0 Å². The van der Waals surface area contributed by atoms with Crippen LogP contribution in [0.1, 0.15) is 29.5 Å². The first-order valence-corrected chi connectivity index (χ1v) is 9.84. The van der Waals surface area contributed by atoms with E-state index in [1.165, 1.54) is 28.0 Å². The highest BCUT2D eigenvalue weighted by Crippen LogP contribution is 2.26. The Hall–Kier alpha value is -2.17. The van der Waals surface area contributed by atoms with Crippen LogP contribution in [0.2, 0.25) is 5.02 Å². The molecule has 0 spiro atoms. The molecule has 0 unspecified atom stereocenters. The number of aryl methyl sites for hydroxylation is 3. The molecule has 0 saturated carbocycles. The summed E-state index contributed by atoms with van der Waals surface area (Å²) in [5.41, 5.74) is 5.66. The maximum Gasteiger partial charge on any atom is 0.226 e. The van der Waals surface area contributed by atoms with Gasteiger partial charge >= 0.3 is 0 Å². The summed E-state index contributed by atoms with van der Waals surface area (Å²) in [5, 5.41) is 6.26. The van der Waals surface area contributed by atoms with Crippen molar-refractivity contribution in [2.75, 3.05) is 5.32 Å². The molecule has 1 N–H and O–H groups in total. The maximum absolute atomic E-state index is 12.1.